The van der Waals surface area contributed by atoms with Crippen LogP contribution < -0.4 is 4.74 Å². The summed E-state index contributed by atoms with van der Waals surface area (Å²) in [5, 5.41) is 0. The standard InChI is InChI=1S/C24H25NO4S/c1-18-11-12-22(30-18)16-25(14-13-19-7-4-3-5-8-19)24(27)20-9-6-10-21(15-20)29-17-23(26)28-2/h3-12,15H,13-14,16-17H2,1-2H3. The first kappa shape index (κ1) is 21.6. The lowest BCUT2D eigenvalue weighted by atomic mass is 10.1. The smallest absolute Gasteiger partial charge is 0.343 e. The van der Waals surface area contributed by atoms with Crippen LogP contribution in [0, 0.1) is 6.92 Å². The summed E-state index contributed by atoms with van der Waals surface area (Å²) in [5.41, 5.74) is 1.71. The van der Waals surface area contributed by atoms with E-state index in [1.165, 1.54) is 17.6 Å². The minimum Gasteiger partial charge on any atom is -0.482 e. The molecule has 0 bridgehead atoms. The Morgan fingerprint density at radius 1 is 1.00 bits per heavy atom. The first-order valence-electron chi connectivity index (χ1n) is 9.73. The number of aryl methyl sites for hydroxylation is 1. The van der Waals surface area contributed by atoms with E-state index in [9.17, 15) is 9.59 Å². The van der Waals surface area contributed by atoms with Crippen molar-refractivity contribution in [1.82, 2.24) is 4.90 Å². The largest absolute Gasteiger partial charge is 0.482 e. The number of carbonyl (C=O) groups excluding carboxylic acids is 2. The van der Waals surface area contributed by atoms with E-state index in [0.717, 1.165) is 11.3 Å². The van der Waals surface area contributed by atoms with Crippen LogP contribution in [-0.2, 0) is 22.5 Å². The summed E-state index contributed by atoms with van der Waals surface area (Å²) >= 11 is 1.70. The van der Waals surface area contributed by atoms with E-state index in [2.05, 4.69) is 35.9 Å². The van der Waals surface area contributed by atoms with Gasteiger partial charge in [0.15, 0.2) is 6.61 Å². The van der Waals surface area contributed by atoms with Crippen molar-refractivity contribution in [3.8, 4) is 5.75 Å². The van der Waals surface area contributed by atoms with E-state index < -0.39 is 5.97 Å². The number of esters is 1. The second-order valence-electron chi connectivity index (χ2n) is 6.87. The van der Waals surface area contributed by atoms with Gasteiger partial charge in [0.1, 0.15) is 5.75 Å². The Labute approximate surface area is 180 Å². The van der Waals surface area contributed by atoms with Gasteiger partial charge in [-0.05, 0) is 49.2 Å². The van der Waals surface area contributed by atoms with Crippen molar-refractivity contribution in [2.24, 2.45) is 0 Å². The quantitative estimate of drug-likeness (QED) is 0.476. The Bertz CT molecular complexity index is 984. The van der Waals surface area contributed by atoms with Crippen molar-refractivity contribution >= 4 is 23.2 Å². The molecule has 0 fully saturated rings. The summed E-state index contributed by atoms with van der Waals surface area (Å²) in [6, 6.07) is 21.2. The van der Waals surface area contributed by atoms with Gasteiger partial charge < -0.3 is 14.4 Å². The highest BCUT2D eigenvalue weighted by molar-refractivity contribution is 7.11. The lowest BCUT2D eigenvalue weighted by Gasteiger charge is -2.23. The van der Waals surface area contributed by atoms with E-state index >= 15 is 0 Å². The van der Waals surface area contributed by atoms with Crippen LogP contribution in [0.5, 0.6) is 5.75 Å². The first-order valence-corrected chi connectivity index (χ1v) is 10.5. The van der Waals surface area contributed by atoms with E-state index in [1.807, 2.05) is 23.1 Å². The van der Waals surface area contributed by atoms with Crippen LogP contribution in [0.2, 0.25) is 0 Å². The Kier molecular flexibility index (Phi) is 7.63. The van der Waals surface area contributed by atoms with Gasteiger partial charge in [-0.15, -0.1) is 11.3 Å². The molecule has 30 heavy (non-hydrogen) atoms. The lowest BCUT2D eigenvalue weighted by molar-refractivity contribution is -0.142. The number of benzene rings is 2. The molecule has 1 amide bonds. The highest BCUT2D eigenvalue weighted by Crippen LogP contribution is 2.21. The van der Waals surface area contributed by atoms with Gasteiger partial charge in [0.05, 0.1) is 13.7 Å². The van der Waals surface area contributed by atoms with Gasteiger partial charge >= 0.3 is 5.97 Å². The summed E-state index contributed by atoms with van der Waals surface area (Å²) in [5.74, 6) is -0.0778. The number of hydrogen-bond acceptors (Lipinski definition) is 5. The van der Waals surface area contributed by atoms with E-state index in [0.29, 0.717) is 24.4 Å². The van der Waals surface area contributed by atoms with Crippen LogP contribution in [0.1, 0.15) is 25.7 Å². The zero-order valence-electron chi connectivity index (χ0n) is 17.2. The summed E-state index contributed by atoms with van der Waals surface area (Å²) in [4.78, 5) is 28.8. The predicted molar refractivity (Wildman–Crippen MR) is 118 cm³/mol. The Morgan fingerprint density at radius 2 is 1.80 bits per heavy atom. The predicted octanol–water partition coefficient (Wildman–Crippen LogP) is 4.49. The molecular weight excluding hydrogens is 398 g/mol. The van der Waals surface area contributed by atoms with E-state index in [-0.39, 0.29) is 12.5 Å². The van der Waals surface area contributed by atoms with Crippen LogP contribution in [0.15, 0.2) is 66.7 Å². The van der Waals surface area contributed by atoms with Crippen LogP contribution in [0.4, 0.5) is 0 Å². The van der Waals surface area contributed by atoms with Gasteiger partial charge in [0.2, 0.25) is 0 Å². The zero-order valence-corrected chi connectivity index (χ0v) is 18.0. The molecule has 0 spiro atoms. The molecule has 0 saturated heterocycles. The van der Waals surface area contributed by atoms with Crippen molar-refractivity contribution in [1.29, 1.82) is 0 Å². The maximum Gasteiger partial charge on any atom is 0.343 e. The molecule has 1 aromatic heterocycles. The van der Waals surface area contributed by atoms with E-state index in [4.69, 9.17) is 4.74 Å². The molecular formula is C24H25NO4S. The number of hydrogen-bond donors (Lipinski definition) is 0. The first-order chi connectivity index (χ1) is 14.5. The number of carbonyl (C=O) groups is 2. The molecule has 156 valence electrons. The molecule has 6 heteroatoms. The second kappa shape index (κ2) is 10.6. The van der Waals surface area contributed by atoms with Gasteiger partial charge in [0.25, 0.3) is 5.91 Å². The molecule has 0 aliphatic rings. The maximum absolute atomic E-state index is 13.3. The molecule has 0 N–H and O–H groups in total. The molecule has 5 nitrogen and oxygen atoms in total. The third kappa shape index (κ3) is 6.19. The molecule has 0 atom stereocenters. The van der Waals surface area contributed by atoms with Crippen molar-refractivity contribution < 1.29 is 19.1 Å². The van der Waals surface area contributed by atoms with E-state index in [1.54, 1.807) is 35.6 Å². The fourth-order valence-corrected chi connectivity index (χ4v) is 3.93. The van der Waals surface area contributed by atoms with Gasteiger partial charge in [-0.2, -0.15) is 0 Å². The molecule has 0 saturated carbocycles. The normalized spacial score (nSPS) is 10.5. The van der Waals surface area contributed by atoms with Crippen LogP contribution in [-0.4, -0.2) is 37.0 Å². The van der Waals surface area contributed by atoms with Crippen LogP contribution in [0.3, 0.4) is 0 Å². The van der Waals surface area contributed by atoms with Crippen LogP contribution in [0.25, 0.3) is 0 Å². The molecule has 0 aliphatic carbocycles. The average Bonchev–Trinajstić information content (AvgIpc) is 3.20. The zero-order chi connectivity index (χ0) is 21.3. The molecule has 3 rings (SSSR count). The Balaban J connectivity index is 1.75. The molecule has 3 aromatic rings. The maximum atomic E-state index is 13.3. The fraction of sp³-hybridized carbons (Fsp3) is 0.250. The summed E-state index contributed by atoms with van der Waals surface area (Å²) < 4.78 is 10.0. The van der Waals surface area contributed by atoms with Gasteiger partial charge in [-0.1, -0.05) is 36.4 Å². The third-order valence-electron chi connectivity index (χ3n) is 4.61. The van der Waals surface area contributed by atoms with Gasteiger partial charge in [-0.3, -0.25) is 4.79 Å². The fourth-order valence-electron chi connectivity index (χ4n) is 3.02. The number of ether oxygens (including phenoxy) is 2. The molecule has 2 aromatic carbocycles. The topological polar surface area (TPSA) is 55.8 Å². The van der Waals surface area contributed by atoms with Crippen molar-refractivity contribution in [2.45, 2.75) is 19.9 Å². The molecule has 0 radical (unpaired) electrons. The highest BCUT2D eigenvalue weighted by atomic mass is 32.1. The number of nitrogens with zero attached hydrogens (tertiary/aromatic N) is 1. The third-order valence-corrected chi connectivity index (χ3v) is 5.59. The Hall–Kier alpha value is -3.12. The van der Waals surface area contributed by atoms with Gasteiger partial charge in [0, 0.05) is 21.9 Å². The second-order valence-corrected chi connectivity index (χ2v) is 8.24. The number of rotatable bonds is 9. The monoisotopic (exact) mass is 423 g/mol. The summed E-state index contributed by atoms with van der Waals surface area (Å²) in [6.07, 6.45) is 0.773. The van der Waals surface area contributed by atoms with Crippen molar-refractivity contribution in [3.05, 3.63) is 87.6 Å². The minimum atomic E-state index is -0.468. The highest BCUT2D eigenvalue weighted by Gasteiger charge is 2.18. The van der Waals surface area contributed by atoms with Crippen molar-refractivity contribution in [3.63, 3.8) is 0 Å². The number of amides is 1. The molecule has 1 heterocycles. The average molecular weight is 424 g/mol. The van der Waals surface area contributed by atoms with Crippen LogP contribution >= 0.6 is 11.3 Å². The van der Waals surface area contributed by atoms with Crippen molar-refractivity contribution in [2.75, 3.05) is 20.3 Å². The lowest BCUT2D eigenvalue weighted by Crippen LogP contribution is -2.32. The summed E-state index contributed by atoms with van der Waals surface area (Å²) in [6.45, 7) is 3.03. The number of thiophene rings is 1. The van der Waals surface area contributed by atoms with Gasteiger partial charge in [-0.25, -0.2) is 4.79 Å². The summed E-state index contributed by atoms with van der Waals surface area (Å²) in [7, 11) is 1.31. The molecule has 0 aliphatic heterocycles. The Morgan fingerprint density at radius 3 is 2.50 bits per heavy atom. The minimum absolute atomic E-state index is 0.0690. The number of methoxy groups -OCH3 is 1. The SMILES string of the molecule is COC(=O)COc1cccc(C(=O)N(CCc2ccccc2)Cc2ccc(C)s2)c1. The molecule has 0 unspecified atom stereocenters.